The van der Waals surface area contributed by atoms with Crippen LogP contribution in [0.2, 0.25) is 0 Å². The quantitative estimate of drug-likeness (QED) is 0.947. The summed E-state index contributed by atoms with van der Waals surface area (Å²) in [6.45, 7) is 0.311. The maximum absolute atomic E-state index is 11.7. The second-order valence-electron chi connectivity index (χ2n) is 4.22. The second kappa shape index (κ2) is 8.02. The molecule has 0 aliphatic heterocycles. The molecule has 1 aromatic heterocycles. The van der Waals surface area contributed by atoms with E-state index in [-0.39, 0.29) is 11.7 Å². The first-order valence-electron chi connectivity index (χ1n) is 6.25. The Hall–Kier alpha value is -2.57. The maximum atomic E-state index is 11.7. The lowest BCUT2D eigenvalue weighted by molar-refractivity contribution is -0.153. The molecular formula is C15H15F3N2O2. The third-order valence-electron chi connectivity index (χ3n) is 2.41. The minimum Gasteiger partial charge on any atom is -0.482 e. The summed E-state index contributed by atoms with van der Waals surface area (Å²) in [7, 11) is 0. The number of benzene rings is 1. The Morgan fingerprint density at radius 2 is 1.82 bits per heavy atom. The van der Waals surface area contributed by atoms with Gasteiger partial charge in [-0.25, -0.2) is 0 Å². The van der Waals surface area contributed by atoms with Crippen molar-refractivity contribution >= 4 is 5.91 Å². The smallest absolute Gasteiger partial charge is 0.422 e. The Kier molecular flexibility index (Phi) is 6.37. The fraction of sp³-hybridized carbons (Fsp3) is 0.200. The molecular weight excluding hydrogens is 297 g/mol. The summed E-state index contributed by atoms with van der Waals surface area (Å²) < 4.78 is 39.7. The summed E-state index contributed by atoms with van der Waals surface area (Å²) in [4.78, 5) is 14.2. The van der Waals surface area contributed by atoms with Gasteiger partial charge in [0.05, 0.1) is 5.69 Å². The van der Waals surface area contributed by atoms with Crippen LogP contribution in [0, 0.1) is 6.92 Å². The summed E-state index contributed by atoms with van der Waals surface area (Å²) in [6.07, 6.45) is -2.81. The molecule has 2 N–H and O–H groups in total. The maximum Gasteiger partial charge on any atom is 0.422 e. The highest BCUT2D eigenvalue weighted by molar-refractivity contribution is 5.92. The van der Waals surface area contributed by atoms with Crippen molar-refractivity contribution in [2.75, 3.05) is 6.61 Å². The van der Waals surface area contributed by atoms with Crippen LogP contribution < -0.4 is 10.5 Å². The first-order chi connectivity index (χ1) is 10.3. The summed E-state index contributed by atoms with van der Waals surface area (Å²) in [5, 5.41) is 0. The van der Waals surface area contributed by atoms with Gasteiger partial charge in [-0.2, -0.15) is 13.2 Å². The number of carbonyl (C=O) groups excluding carboxylic acids is 1. The number of rotatable bonds is 3. The topological polar surface area (TPSA) is 65.2 Å². The first kappa shape index (κ1) is 17.5. The van der Waals surface area contributed by atoms with Gasteiger partial charge in [-0.3, -0.25) is 9.78 Å². The first-order valence-corrected chi connectivity index (χ1v) is 6.25. The number of carbonyl (C=O) groups is 1. The lowest BCUT2D eigenvalue weighted by Gasteiger charge is -2.09. The fourth-order valence-electron chi connectivity index (χ4n) is 1.38. The van der Waals surface area contributed by atoms with Gasteiger partial charge in [0.1, 0.15) is 5.75 Å². The van der Waals surface area contributed by atoms with Gasteiger partial charge in [0.15, 0.2) is 6.61 Å². The summed E-state index contributed by atoms with van der Waals surface area (Å²) in [6, 6.07) is 11.7. The number of aromatic nitrogens is 1. The predicted molar refractivity (Wildman–Crippen MR) is 75.5 cm³/mol. The van der Waals surface area contributed by atoms with Crippen LogP contribution in [-0.2, 0) is 0 Å². The van der Waals surface area contributed by atoms with Crippen LogP contribution in [0.15, 0.2) is 48.7 Å². The molecule has 118 valence electrons. The number of nitrogens with two attached hydrogens (primary N) is 1. The van der Waals surface area contributed by atoms with Gasteiger partial charge in [0.25, 0.3) is 0 Å². The van der Waals surface area contributed by atoms with Crippen LogP contribution in [0.25, 0.3) is 0 Å². The molecule has 0 aliphatic rings. The van der Waals surface area contributed by atoms with E-state index in [2.05, 4.69) is 9.72 Å². The van der Waals surface area contributed by atoms with Crippen molar-refractivity contribution in [3.05, 3.63) is 59.9 Å². The van der Waals surface area contributed by atoms with E-state index in [0.717, 1.165) is 0 Å². The second-order valence-corrected chi connectivity index (χ2v) is 4.22. The van der Waals surface area contributed by atoms with Crippen molar-refractivity contribution in [2.24, 2.45) is 5.73 Å². The van der Waals surface area contributed by atoms with Gasteiger partial charge in [-0.15, -0.1) is 0 Å². The molecule has 0 aliphatic carbocycles. The van der Waals surface area contributed by atoms with E-state index in [1.165, 1.54) is 18.3 Å². The van der Waals surface area contributed by atoms with Gasteiger partial charge in [0, 0.05) is 11.8 Å². The van der Waals surface area contributed by atoms with Gasteiger partial charge in [0.2, 0.25) is 5.91 Å². The van der Waals surface area contributed by atoms with Gasteiger partial charge in [-0.1, -0.05) is 18.2 Å². The molecule has 1 aromatic carbocycles. The molecule has 0 unspecified atom stereocenters. The fourth-order valence-corrected chi connectivity index (χ4v) is 1.38. The highest BCUT2D eigenvalue weighted by atomic mass is 19.4. The number of pyridine rings is 1. The Morgan fingerprint density at radius 1 is 1.18 bits per heavy atom. The van der Waals surface area contributed by atoms with Crippen molar-refractivity contribution in [2.45, 2.75) is 13.1 Å². The average Bonchev–Trinajstić information content (AvgIpc) is 2.47. The Morgan fingerprint density at radius 3 is 2.27 bits per heavy atom. The summed E-state index contributed by atoms with van der Waals surface area (Å²) in [5.74, 6) is -0.213. The number of nitrogens with zero attached hydrogens (tertiary/aromatic N) is 1. The van der Waals surface area contributed by atoms with Gasteiger partial charge in [-0.05, 0) is 31.2 Å². The average molecular weight is 312 g/mol. The van der Waals surface area contributed by atoms with Crippen LogP contribution in [0.4, 0.5) is 13.2 Å². The van der Waals surface area contributed by atoms with Crippen LogP contribution in [-0.4, -0.2) is 23.7 Å². The van der Waals surface area contributed by atoms with E-state index < -0.39 is 12.8 Å². The Bertz CT molecular complexity index is 601. The van der Waals surface area contributed by atoms with Crippen molar-refractivity contribution in [3.8, 4) is 5.75 Å². The van der Waals surface area contributed by atoms with Gasteiger partial charge >= 0.3 is 6.18 Å². The minimum atomic E-state index is -4.30. The molecule has 1 heterocycles. The molecule has 0 fully saturated rings. The number of primary amides is 1. The van der Waals surface area contributed by atoms with E-state index in [1.54, 1.807) is 31.2 Å². The zero-order valence-electron chi connectivity index (χ0n) is 11.8. The van der Waals surface area contributed by atoms with Crippen LogP contribution in [0.3, 0.4) is 0 Å². The normalized spacial score (nSPS) is 10.4. The van der Waals surface area contributed by atoms with Crippen molar-refractivity contribution in [1.29, 1.82) is 0 Å². The summed E-state index contributed by atoms with van der Waals surface area (Å²) in [5.41, 5.74) is 5.98. The monoisotopic (exact) mass is 312 g/mol. The zero-order chi connectivity index (χ0) is 16.6. The molecule has 4 nitrogen and oxygen atoms in total. The lowest BCUT2D eigenvalue weighted by Crippen LogP contribution is -2.19. The molecule has 2 rings (SSSR count). The lowest BCUT2D eigenvalue weighted by atomic mass is 10.2. The number of amides is 1. The Balaban J connectivity index is 0.000000235. The molecule has 0 atom stereocenters. The molecule has 0 saturated heterocycles. The highest BCUT2D eigenvalue weighted by Gasteiger charge is 2.28. The van der Waals surface area contributed by atoms with E-state index in [1.807, 2.05) is 6.07 Å². The molecule has 2 aromatic rings. The third kappa shape index (κ3) is 6.74. The molecule has 0 bridgehead atoms. The molecule has 22 heavy (non-hydrogen) atoms. The van der Waals surface area contributed by atoms with Crippen LogP contribution in [0.1, 0.15) is 16.1 Å². The van der Waals surface area contributed by atoms with E-state index in [0.29, 0.717) is 11.3 Å². The number of hydrogen-bond donors (Lipinski definition) is 1. The van der Waals surface area contributed by atoms with Crippen molar-refractivity contribution in [3.63, 3.8) is 0 Å². The van der Waals surface area contributed by atoms with E-state index >= 15 is 0 Å². The minimum absolute atomic E-state index is 0.167. The number of aryl methyl sites for hydroxylation is 1. The van der Waals surface area contributed by atoms with E-state index in [4.69, 9.17) is 5.73 Å². The number of halogens is 3. The van der Waals surface area contributed by atoms with Crippen LogP contribution >= 0.6 is 0 Å². The molecule has 7 heteroatoms. The molecule has 0 saturated carbocycles. The van der Waals surface area contributed by atoms with Gasteiger partial charge < -0.3 is 10.5 Å². The SMILES string of the molecule is Cc1ncccc1OCC(F)(F)F.NC(=O)c1ccccc1. The standard InChI is InChI=1S/C8H8F3NO.C7H7NO/c1-6-7(3-2-4-12-6)13-5-8(9,10)11;8-7(9)6-4-2-1-3-5-6/h2-4H,5H2,1H3;1-5H,(H2,8,9). The zero-order valence-corrected chi connectivity index (χ0v) is 11.8. The largest absolute Gasteiger partial charge is 0.482 e. The number of alkyl halides is 3. The highest BCUT2D eigenvalue weighted by Crippen LogP contribution is 2.19. The number of hydrogen-bond acceptors (Lipinski definition) is 3. The van der Waals surface area contributed by atoms with Crippen LogP contribution in [0.5, 0.6) is 5.75 Å². The Labute approximate surface area is 125 Å². The third-order valence-corrected chi connectivity index (χ3v) is 2.41. The van der Waals surface area contributed by atoms with E-state index in [9.17, 15) is 18.0 Å². The number of ether oxygens (including phenoxy) is 1. The molecule has 0 radical (unpaired) electrons. The summed E-state index contributed by atoms with van der Waals surface area (Å²) >= 11 is 0. The molecule has 0 spiro atoms. The predicted octanol–water partition coefficient (Wildman–Crippen LogP) is 3.12. The molecule has 1 amide bonds. The van der Waals surface area contributed by atoms with Crippen molar-refractivity contribution in [1.82, 2.24) is 4.98 Å². The van der Waals surface area contributed by atoms with Crippen molar-refractivity contribution < 1.29 is 22.7 Å².